The van der Waals surface area contributed by atoms with Gasteiger partial charge in [0, 0.05) is 19.5 Å². The maximum atomic E-state index is 12.4. The van der Waals surface area contributed by atoms with Crippen LogP contribution in [0.4, 0.5) is 0 Å². The quantitative estimate of drug-likeness (QED) is 0.742. The zero-order valence-corrected chi connectivity index (χ0v) is 12.7. The van der Waals surface area contributed by atoms with Crippen LogP contribution in [0.2, 0.25) is 0 Å². The molecule has 0 bridgehead atoms. The number of sulfonamides is 1. The first-order valence-corrected chi connectivity index (χ1v) is 9.94. The van der Waals surface area contributed by atoms with Crippen LogP contribution in [-0.4, -0.2) is 62.1 Å². The van der Waals surface area contributed by atoms with Crippen molar-refractivity contribution in [2.45, 2.75) is 30.9 Å². The van der Waals surface area contributed by atoms with Crippen LogP contribution in [0.5, 0.6) is 0 Å². The van der Waals surface area contributed by atoms with E-state index in [4.69, 9.17) is 5.11 Å². The second kappa shape index (κ2) is 5.61. The first-order valence-electron chi connectivity index (χ1n) is 6.62. The number of sulfone groups is 1. The number of aliphatic carboxylic acids is 1. The average molecular weight is 325 g/mol. The molecular formula is C11H19NO6S2. The highest BCUT2D eigenvalue weighted by atomic mass is 32.2. The molecule has 2 fully saturated rings. The molecule has 0 saturated carbocycles. The van der Waals surface area contributed by atoms with E-state index in [1.54, 1.807) is 0 Å². The van der Waals surface area contributed by atoms with Gasteiger partial charge in [-0.25, -0.2) is 21.1 Å². The first kappa shape index (κ1) is 15.7. The second-order valence-corrected chi connectivity index (χ2v) is 9.96. The summed E-state index contributed by atoms with van der Waals surface area (Å²) in [6.45, 7) is 0.676. The van der Waals surface area contributed by atoms with Gasteiger partial charge in [0.25, 0.3) is 0 Å². The highest BCUT2D eigenvalue weighted by molar-refractivity contribution is 7.95. The van der Waals surface area contributed by atoms with E-state index in [2.05, 4.69) is 0 Å². The van der Waals surface area contributed by atoms with Crippen LogP contribution >= 0.6 is 0 Å². The van der Waals surface area contributed by atoms with Gasteiger partial charge in [0.05, 0.1) is 16.8 Å². The van der Waals surface area contributed by atoms with Gasteiger partial charge in [-0.1, -0.05) is 0 Å². The van der Waals surface area contributed by atoms with Crippen molar-refractivity contribution in [2.24, 2.45) is 5.92 Å². The van der Waals surface area contributed by atoms with E-state index in [-0.39, 0.29) is 30.3 Å². The number of carboxylic acids is 1. The smallest absolute Gasteiger partial charge is 0.303 e. The third kappa shape index (κ3) is 3.50. The highest BCUT2D eigenvalue weighted by Crippen LogP contribution is 2.28. The molecule has 1 N–H and O–H groups in total. The molecule has 116 valence electrons. The largest absolute Gasteiger partial charge is 0.481 e. The normalized spacial score (nSPS) is 30.6. The summed E-state index contributed by atoms with van der Waals surface area (Å²) in [4.78, 5) is 10.5. The lowest BCUT2D eigenvalue weighted by Crippen LogP contribution is -2.38. The Hall–Kier alpha value is -0.670. The molecule has 0 aromatic carbocycles. The monoisotopic (exact) mass is 325 g/mol. The minimum absolute atomic E-state index is 0.0381. The lowest BCUT2D eigenvalue weighted by molar-refractivity contribution is -0.137. The molecule has 9 heteroatoms. The predicted octanol–water partition coefficient (Wildman–Crippen LogP) is -0.310. The van der Waals surface area contributed by atoms with Gasteiger partial charge < -0.3 is 5.11 Å². The minimum atomic E-state index is -3.57. The Bertz CT molecular complexity index is 582. The summed E-state index contributed by atoms with van der Waals surface area (Å²) in [7, 11) is -6.80. The Morgan fingerprint density at radius 2 is 2.00 bits per heavy atom. The Balaban J connectivity index is 1.97. The van der Waals surface area contributed by atoms with E-state index in [9.17, 15) is 21.6 Å². The topological polar surface area (TPSA) is 109 Å². The fourth-order valence-corrected chi connectivity index (χ4v) is 7.42. The maximum absolute atomic E-state index is 12.4. The van der Waals surface area contributed by atoms with Crippen LogP contribution in [0.15, 0.2) is 0 Å². The molecular weight excluding hydrogens is 306 g/mol. The fraction of sp³-hybridized carbons (Fsp3) is 0.909. The molecule has 2 saturated heterocycles. The van der Waals surface area contributed by atoms with Gasteiger partial charge in [0.15, 0.2) is 9.84 Å². The number of carbonyl (C=O) groups is 1. The summed E-state index contributed by atoms with van der Waals surface area (Å²) in [5.74, 6) is -1.18. The van der Waals surface area contributed by atoms with Gasteiger partial charge in [-0.2, -0.15) is 0 Å². The third-order valence-corrected chi connectivity index (χ3v) is 8.26. The van der Waals surface area contributed by atoms with Gasteiger partial charge in [0.1, 0.15) is 0 Å². The minimum Gasteiger partial charge on any atom is -0.481 e. The van der Waals surface area contributed by atoms with Crippen molar-refractivity contribution < 1.29 is 26.7 Å². The summed E-state index contributed by atoms with van der Waals surface area (Å²) in [6, 6.07) is 0. The van der Waals surface area contributed by atoms with Crippen molar-refractivity contribution in [3.05, 3.63) is 0 Å². The molecule has 0 spiro atoms. The van der Waals surface area contributed by atoms with Crippen molar-refractivity contribution in [1.29, 1.82) is 0 Å². The van der Waals surface area contributed by atoms with Crippen LogP contribution in [0.3, 0.4) is 0 Å². The van der Waals surface area contributed by atoms with Crippen LogP contribution in [0, 0.1) is 5.92 Å². The van der Waals surface area contributed by atoms with Crippen molar-refractivity contribution in [3.63, 3.8) is 0 Å². The molecule has 2 aliphatic rings. The molecule has 2 heterocycles. The summed E-state index contributed by atoms with van der Waals surface area (Å²) in [5.41, 5.74) is 0. The van der Waals surface area contributed by atoms with Gasteiger partial charge in [-0.15, -0.1) is 0 Å². The highest BCUT2D eigenvalue weighted by Gasteiger charge is 2.42. The van der Waals surface area contributed by atoms with E-state index < -0.39 is 31.1 Å². The molecule has 2 atom stereocenters. The van der Waals surface area contributed by atoms with E-state index >= 15 is 0 Å². The Morgan fingerprint density at radius 1 is 1.30 bits per heavy atom. The van der Waals surface area contributed by atoms with Crippen molar-refractivity contribution >= 4 is 25.8 Å². The van der Waals surface area contributed by atoms with Gasteiger partial charge >= 0.3 is 5.97 Å². The predicted molar refractivity (Wildman–Crippen MR) is 72.5 cm³/mol. The number of hydrogen-bond donors (Lipinski definition) is 1. The van der Waals surface area contributed by atoms with E-state index in [0.29, 0.717) is 25.9 Å². The molecule has 20 heavy (non-hydrogen) atoms. The standard InChI is InChI=1S/C11H19NO6S2/c13-11(14)2-1-9-3-5-12(7-9)20(17,18)10-4-6-19(15,16)8-10/h9-10H,1-8H2,(H,13,14). The number of carboxylic acid groups (broad SMARTS) is 1. The van der Waals surface area contributed by atoms with E-state index in [0.717, 1.165) is 0 Å². The Labute approximate surface area is 118 Å². The summed E-state index contributed by atoms with van der Waals surface area (Å²) in [5, 5.41) is 7.80. The SMILES string of the molecule is O=C(O)CCC1CCN(S(=O)(=O)C2CCS(=O)(=O)C2)C1. The van der Waals surface area contributed by atoms with E-state index in [1.165, 1.54) is 4.31 Å². The maximum Gasteiger partial charge on any atom is 0.303 e. The van der Waals surface area contributed by atoms with Crippen molar-refractivity contribution in [2.75, 3.05) is 24.6 Å². The molecule has 2 rings (SSSR count). The second-order valence-electron chi connectivity index (χ2n) is 5.52. The molecule has 0 aliphatic carbocycles. The number of nitrogens with zero attached hydrogens (tertiary/aromatic N) is 1. The third-order valence-electron chi connectivity index (χ3n) is 3.99. The van der Waals surface area contributed by atoms with Crippen LogP contribution in [-0.2, 0) is 24.7 Å². The summed E-state index contributed by atoms with van der Waals surface area (Å²) in [6.07, 6.45) is 1.31. The zero-order valence-electron chi connectivity index (χ0n) is 11.1. The van der Waals surface area contributed by atoms with Gasteiger partial charge in [-0.3, -0.25) is 4.79 Å². The Kier molecular flexibility index (Phi) is 4.41. The van der Waals surface area contributed by atoms with Crippen molar-refractivity contribution in [1.82, 2.24) is 4.31 Å². The Morgan fingerprint density at radius 3 is 2.55 bits per heavy atom. The van der Waals surface area contributed by atoms with Gasteiger partial charge in [0.2, 0.25) is 10.0 Å². The summed E-state index contributed by atoms with van der Waals surface area (Å²) >= 11 is 0. The van der Waals surface area contributed by atoms with Gasteiger partial charge in [-0.05, 0) is 25.2 Å². The number of hydrogen-bond acceptors (Lipinski definition) is 5. The molecule has 0 radical (unpaired) electrons. The molecule has 7 nitrogen and oxygen atoms in total. The first-order chi connectivity index (χ1) is 9.21. The lowest BCUT2D eigenvalue weighted by atomic mass is 10.0. The van der Waals surface area contributed by atoms with Crippen LogP contribution < -0.4 is 0 Å². The molecule has 0 amide bonds. The van der Waals surface area contributed by atoms with Crippen LogP contribution in [0.1, 0.15) is 25.7 Å². The molecule has 2 aliphatic heterocycles. The fourth-order valence-electron chi connectivity index (χ4n) is 2.80. The van der Waals surface area contributed by atoms with E-state index in [1.807, 2.05) is 0 Å². The van der Waals surface area contributed by atoms with Crippen molar-refractivity contribution in [3.8, 4) is 0 Å². The molecule has 2 unspecified atom stereocenters. The zero-order chi connectivity index (χ0) is 15.0. The lowest BCUT2D eigenvalue weighted by Gasteiger charge is -2.20. The molecule has 0 aromatic heterocycles. The summed E-state index contributed by atoms with van der Waals surface area (Å²) < 4.78 is 48.8. The molecule has 0 aromatic rings. The number of rotatable bonds is 5. The van der Waals surface area contributed by atoms with Crippen LogP contribution in [0.25, 0.3) is 0 Å². The average Bonchev–Trinajstić information content (AvgIpc) is 2.93.